The van der Waals surface area contributed by atoms with Gasteiger partial charge in [-0.1, -0.05) is 36.1 Å². The van der Waals surface area contributed by atoms with Gasteiger partial charge in [0.15, 0.2) is 23.0 Å². The molecule has 0 bridgehead atoms. The Morgan fingerprint density at radius 1 is 0.687 bits per heavy atom. The van der Waals surface area contributed by atoms with Gasteiger partial charge in [0.25, 0.3) is 11.8 Å². The largest absolute Gasteiger partial charge is 0.493 e. The van der Waals surface area contributed by atoms with Gasteiger partial charge in [0, 0.05) is 56.2 Å². The topological polar surface area (TPSA) is 194 Å². The predicted molar refractivity (Wildman–Crippen MR) is 251 cm³/mol. The number of rotatable bonds is 23. The van der Waals surface area contributed by atoms with Crippen molar-refractivity contribution in [2.24, 2.45) is 15.7 Å². The lowest BCUT2D eigenvalue weighted by Crippen LogP contribution is -2.35. The van der Waals surface area contributed by atoms with Gasteiger partial charge in [0.2, 0.25) is 5.91 Å². The highest BCUT2D eigenvalue weighted by Gasteiger charge is 2.35. The van der Waals surface area contributed by atoms with Gasteiger partial charge in [0.1, 0.15) is 13.2 Å². The van der Waals surface area contributed by atoms with Crippen LogP contribution in [0.2, 0.25) is 0 Å². The SMILES string of the molecule is C=C1C[C@H]2C=Nc3cc(OCc4cc(C#CCNC(=O)CCOCCOCCOCCOCCN)cc(COc5cc6c(cc5OC)C(=O)N5CC(=C)C[C@H]5C=N6)c4)c(OC)cc3C(=O)N2C1. The lowest BCUT2D eigenvalue weighted by molar-refractivity contribution is -0.122. The summed E-state index contributed by atoms with van der Waals surface area (Å²) >= 11 is 0. The van der Waals surface area contributed by atoms with Crippen LogP contribution < -0.4 is 30.0 Å². The molecule has 7 rings (SSSR count). The first-order valence-electron chi connectivity index (χ1n) is 22.3. The third-order valence-electron chi connectivity index (χ3n) is 11.2. The molecule has 17 nitrogen and oxygen atoms in total. The zero-order valence-electron chi connectivity index (χ0n) is 38.1. The first kappa shape index (κ1) is 48.4. The number of hydrogen-bond donors (Lipinski definition) is 2. The summed E-state index contributed by atoms with van der Waals surface area (Å²) in [5.74, 6) is 7.31. The van der Waals surface area contributed by atoms with E-state index in [1.165, 1.54) is 14.2 Å². The third-order valence-corrected chi connectivity index (χ3v) is 11.2. The molecule has 0 saturated carbocycles. The molecule has 2 fully saturated rings. The smallest absolute Gasteiger partial charge is 0.257 e. The van der Waals surface area contributed by atoms with Crippen molar-refractivity contribution in [3.63, 3.8) is 0 Å². The summed E-state index contributed by atoms with van der Waals surface area (Å²) in [4.78, 5) is 52.5. The Balaban J connectivity index is 0.998. The fourth-order valence-corrected chi connectivity index (χ4v) is 7.92. The Hall–Kier alpha value is -6.55. The van der Waals surface area contributed by atoms with E-state index in [0.29, 0.717) is 130 Å². The summed E-state index contributed by atoms with van der Waals surface area (Å²) < 4.78 is 45.8. The van der Waals surface area contributed by atoms with E-state index in [4.69, 9.17) is 43.6 Å². The summed E-state index contributed by atoms with van der Waals surface area (Å²) in [6.45, 7) is 13.2. The number of hydrogen-bond acceptors (Lipinski definition) is 14. The van der Waals surface area contributed by atoms with Crippen molar-refractivity contribution in [3.05, 3.63) is 94.6 Å². The second kappa shape index (κ2) is 23.8. The molecule has 3 N–H and O–H groups in total. The van der Waals surface area contributed by atoms with E-state index in [1.54, 1.807) is 46.5 Å². The van der Waals surface area contributed by atoms with Gasteiger partial charge in [-0.25, -0.2) is 0 Å². The molecule has 0 radical (unpaired) electrons. The van der Waals surface area contributed by atoms with Crippen LogP contribution in [0.5, 0.6) is 23.0 Å². The molecule has 4 aliphatic heterocycles. The molecule has 0 aliphatic carbocycles. The minimum absolute atomic E-state index is 0.105. The van der Waals surface area contributed by atoms with Gasteiger partial charge in [-0.2, -0.15) is 0 Å². The van der Waals surface area contributed by atoms with Gasteiger partial charge in [0.05, 0.1) is 108 Å². The second-order valence-electron chi connectivity index (χ2n) is 16.2. The normalized spacial score (nSPS) is 16.9. The molecule has 4 aliphatic rings. The summed E-state index contributed by atoms with van der Waals surface area (Å²) in [7, 11) is 3.04. The van der Waals surface area contributed by atoms with Gasteiger partial charge in [-0.15, -0.1) is 0 Å². The monoisotopic (exact) mass is 918 g/mol. The van der Waals surface area contributed by atoms with Crippen LogP contribution in [0, 0.1) is 11.8 Å². The van der Waals surface area contributed by atoms with E-state index in [9.17, 15) is 14.4 Å². The summed E-state index contributed by atoms with van der Waals surface area (Å²) in [5.41, 5.74) is 11.3. The Bertz CT molecular complexity index is 2310. The number of benzene rings is 3. The number of nitrogens with zero attached hydrogens (tertiary/aromatic N) is 4. The first-order valence-corrected chi connectivity index (χ1v) is 22.3. The maximum absolute atomic E-state index is 13.5. The Morgan fingerprint density at radius 2 is 1.16 bits per heavy atom. The molecular weight excluding hydrogens is 861 g/mol. The van der Waals surface area contributed by atoms with E-state index >= 15 is 0 Å². The predicted octanol–water partition coefficient (Wildman–Crippen LogP) is 4.72. The highest BCUT2D eigenvalue weighted by atomic mass is 16.6. The number of aliphatic imine (C=N–C) groups is 2. The Labute approximate surface area is 390 Å². The number of carbonyl (C=O) groups is 3. The average molecular weight is 919 g/mol. The molecular formula is C50H58N6O11. The number of amides is 3. The minimum atomic E-state index is -0.199. The standard InChI is InChI=1S/C50H58N6O11/c1-33-18-38-27-53-42-25-46(44(60-3)23-40(42)49(58)55(38)29-33)66-31-36-20-35(6-5-9-52-48(57)7-10-62-12-14-64-16-17-65-15-13-63-11-8-51)21-37(22-36)32-67-47-26-43-41(24-45(47)61-4)50(59)56-30-34(2)19-39(56)28-54-43/h20-28,38-39H,1-2,7-19,29-32,51H2,3-4H3,(H,52,57)/t38-,39-/m0/s1. The minimum Gasteiger partial charge on any atom is -0.493 e. The number of nitrogens with one attached hydrogen (secondary N) is 1. The maximum Gasteiger partial charge on any atom is 0.257 e. The third kappa shape index (κ3) is 12.9. The van der Waals surface area contributed by atoms with Crippen LogP contribution in [-0.4, -0.2) is 145 Å². The maximum atomic E-state index is 13.5. The van der Waals surface area contributed by atoms with Gasteiger partial charge in [-0.05, 0) is 54.3 Å². The van der Waals surface area contributed by atoms with Crippen LogP contribution in [0.1, 0.15) is 56.7 Å². The van der Waals surface area contributed by atoms with Crippen LogP contribution in [0.4, 0.5) is 11.4 Å². The number of nitrogens with two attached hydrogens (primary N) is 1. The van der Waals surface area contributed by atoms with E-state index < -0.39 is 0 Å². The molecule has 3 amide bonds. The number of methoxy groups -OCH3 is 2. The second-order valence-corrected chi connectivity index (χ2v) is 16.2. The fraction of sp³-hybridized carbons (Fsp3) is 0.420. The fourth-order valence-electron chi connectivity index (χ4n) is 7.92. The molecule has 0 aromatic heterocycles. The number of ether oxygens (including phenoxy) is 8. The molecule has 67 heavy (non-hydrogen) atoms. The molecule has 3 aromatic rings. The molecule has 4 heterocycles. The van der Waals surface area contributed by atoms with Crippen molar-refractivity contribution in [2.45, 2.75) is 44.6 Å². The zero-order valence-corrected chi connectivity index (χ0v) is 38.1. The molecule has 354 valence electrons. The number of carbonyl (C=O) groups excluding carboxylic acids is 3. The highest BCUT2D eigenvalue weighted by molar-refractivity contribution is 6.04. The van der Waals surface area contributed by atoms with Crippen LogP contribution in [0.25, 0.3) is 0 Å². The molecule has 17 heteroatoms. The molecule has 0 unspecified atom stereocenters. The molecule has 0 spiro atoms. The van der Waals surface area contributed by atoms with Crippen molar-refractivity contribution < 1.29 is 52.3 Å². The highest BCUT2D eigenvalue weighted by Crippen LogP contribution is 2.40. The van der Waals surface area contributed by atoms with Gasteiger partial charge in [-0.3, -0.25) is 24.4 Å². The van der Waals surface area contributed by atoms with Crippen molar-refractivity contribution in [3.8, 4) is 34.8 Å². The average Bonchev–Trinajstić information content (AvgIpc) is 3.84. The Morgan fingerprint density at radius 3 is 1.64 bits per heavy atom. The summed E-state index contributed by atoms with van der Waals surface area (Å²) in [6.07, 6.45) is 5.08. The summed E-state index contributed by atoms with van der Waals surface area (Å²) in [5, 5.41) is 2.82. The first-order chi connectivity index (χ1) is 32.6. The molecule has 2 atom stereocenters. The molecule has 2 saturated heterocycles. The van der Waals surface area contributed by atoms with Crippen LogP contribution in [-0.2, 0) is 37.0 Å². The zero-order chi connectivity index (χ0) is 47.1. The van der Waals surface area contributed by atoms with E-state index in [2.05, 4.69) is 40.3 Å². The summed E-state index contributed by atoms with van der Waals surface area (Å²) in [6, 6.07) is 12.2. The van der Waals surface area contributed by atoms with Gasteiger partial charge >= 0.3 is 0 Å². The number of fused-ring (bicyclic) bond motifs is 4. The van der Waals surface area contributed by atoms with E-state index in [-0.39, 0.29) is 62.6 Å². The van der Waals surface area contributed by atoms with Crippen LogP contribution >= 0.6 is 0 Å². The van der Waals surface area contributed by atoms with Crippen molar-refractivity contribution in [1.29, 1.82) is 0 Å². The van der Waals surface area contributed by atoms with E-state index in [1.807, 2.05) is 18.2 Å². The Kier molecular flexibility index (Phi) is 17.2. The van der Waals surface area contributed by atoms with Crippen LogP contribution in [0.15, 0.2) is 76.8 Å². The molecule has 3 aromatic carbocycles. The van der Waals surface area contributed by atoms with Crippen molar-refractivity contribution in [2.75, 3.05) is 93.3 Å². The lowest BCUT2D eigenvalue weighted by atomic mass is 10.1. The quantitative estimate of drug-likeness (QED) is 0.0757. The van der Waals surface area contributed by atoms with E-state index in [0.717, 1.165) is 22.3 Å². The van der Waals surface area contributed by atoms with Crippen LogP contribution in [0.3, 0.4) is 0 Å². The van der Waals surface area contributed by atoms with Crippen molar-refractivity contribution in [1.82, 2.24) is 15.1 Å². The van der Waals surface area contributed by atoms with Crippen molar-refractivity contribution >= 4 is 41.5 Å². The van der Waals surface area contributed by atoms with Gasteiger partial charge < -0.3 is 58.7 Å². The lowest BCUT2D eigenvalue weighted by Gasteiger charge is -2.20.